The molecule has 3 heterocycles. The maximum Gasteiger partial charge on any atom is 0.162 e. The van der Waals surface area contributed by atoms with Gasteiger partial charge in [0.2, 0.25) is 0 Å². The molecule has 0 bridgehead atoms. The third-order valence-corrected chi connectivity index (χ3v) is 10.2. The number of aromatic nitrogens is 5. The molecule has 0 amide bonds. The van der Waals surface area contributed by atoms with E-state index in [4.69, 9.17) is 0 Å². The van der Waals surface area contributed by atoms with Crippen LogP contribution in [0.1, 0.15) is 12.5 Å². The molecule has 57 heavy (non-hydrogen) atoms. The van der Waals surface area contributed by atoms with Crippen molar-refractivity contribution in [3.05, 3.63) is 213 Å². The van der Waals surface area contributed by atoms with Gasteiger partial charge in [0.15, 0.2) is 5.82 Å². The summed E-state index contributed by atoms with van der Waals surface area (Å²) in [7, 11) is 0. The minimum Gasteiger partial charge on any atom is -0.265 e. The summed E-state index contributed by atoms with van der Waals surface area (Å²) in [5.74, 6) is 0.623. The maximum atomic E-state index is 4.46. The third-order valence-electron chi connectivity index (χ3n) is 10.2. The Labute approximate surface area is 332 Å². The Morgan fingerprint density at radius 1 is 0.561 bits per heavy atom. The first kappa shape index (κ1) is 35.0. The van der Waals surface area contributed by atoms with Gasteiger partial charge in [-0.3, -0.25) is 4.98 Å². The standard InChI is InChI=1S/C51H38N6/c1-3-4-7-12-36(2)42-21-26-49-47(31-42)48-33-43(37-13-8-5-9-14-37)32-46(40-15-10-6-11-16-40)50(48)57(49)56(44-22-17-38(18-23-44)39-27-29-52-30-28-39)45-24-19-41(20-25-45)51-54-34-53-35-55-51/h3-35H,2H2,1H3/b4-3-,12-7-. The van der Waals surface area contributed by atoms with E-state index < -0.39 is 0 Å². The van der Waals surface area contributed by atoms with Crippen LogP contribution in [0.4, 0.5) is 11.4 Å². The predicted octanol–water partition coefficient (Wildman–Crippen LogP) is 12.8. The van der Waals surface area contributed by atoms with Crippen LogP contribution in [0.5, 0.6) is 0 Å². The molecule has 9 rings (SSSR count). The van der Waals surface area contributed by atoms with Crippen molar-refractivity contribution in [2.45, 2.75) is 6.92 Å². The summed E-state index contributed by atoms with van der Waals surface area (Å²) in [5.41, 5.74) is 13.8. The minimum absolute atomic E-state index is 0.623. The highest BCUT2D eigenvalue weighted by Gasteiger charge is 2.24. The summed E-state index contributed by atoms with van der Waals surface area (Å²) in [5, 5.41) is 4.57. The largest absolute Gasteiger partial charge is 0.265 e. The van der Waals surface area contributed by atoms with Crippen LogP contribution in [0.2, 0.25) is 0 Å². The number of hydrogen-bond acceptors (Lipinski definition) is 5. The van der Waals surface area contributed by atoms with E-state index in [2.05, 4.69) is 182 Å². The Morgan fingerprint density at radius 3 is 1.84 bits per heavy atom. The average Bonchev–Trinajstić information content (AvgIpc) is 3.61. The Kier molecular flexibility index (Phi) is 9.57. The fraction of sp³-hybridized carbons (Fsp3) is 0.0196. The summed E-state index contributed by atoms with van der Waals surface area (Å²) in [4.78, 5) is 17.1. The van der Waals surface area contributed by atoms with Crippen molar-refractivity contribution in [3.63, 3.8) is 0 Å². The Morgan fingerprint density at radius 2 is 1.18 bits per heavy atom. The molecule has 0 aliphatic rings. The Hall–Kier alpha value is -7.70. The molecule has 0 saturated carbocycles. The van der Waals surface area contributed by atoms with E-state index >= 15 is 0 Å². The molecule has 0 spiro atoms. The van der Waals surface area contributed by atoms with Crippen LogP contribution in [-0.2, 0) is 0 Å². The highest BCUT2D eigenvalue weighted by molar-refractivity contribution is 6.15. The van der Waals surface area contributed by atoms with E-state index in [-0.39, 0.29) is 0 Å². The van der Waals surface area contributed by atoms with Gasteiger partial charge in [-0.25, -0.2) is 24.6 Å². The van der Waals surface area contributed by atoms with Gasteiger partial charge in [0, 0.05) is 34.3 Å². The van der Waals surface area contributed by atoms with Crippen LogP contribution < -0.4 is 5.01 Å². The van der Waals surface area contributed by atoms with Crippen LogP contribution in [0.3, 0.4) is 0 Å². The molecule has 272 valence electrons. The van der Waals surface area contributed by atoms with Gasteiger partial charge >= 0.3 is 0 Å². The topological polar surface area (TPSA) is 59.7 Å². The lowest BCUT2D eigenvalue weighted by atomic mass is 9.95. The molecule has 6 nitrogen and oxygen atoms in total. The molecule has 9 aromatic rings. The molecule has 0 aliphatic carbocycles. The van der Waals surface area contributed by atoms with E-state index in [1.54, 1.807) is 0 Å². The number of pyridine rings is 1. The predicted molar refractivity (Wildman–Crippen MR) is 236 cm³/mol. The normalized spacial score (nSPS) is 11.5. The zero-order chi connectivity index (χ0) is 38.6. The van der Waals surface area contributed by atoms with E-state index in [1.165, 1.54) is 12.7 Å². The number of fused-ring (bicyclic) bond motifs is 3. The fourth-order valence-corrected chi connectivity index (χ4v) is 7.41. The SMILES string of the molecule is C=C(/C=C\C=C/C)c1ccc2c(c1)c1cc(-c3ccccc3)cc(-c3ccccc3)c1n2N(c1ccc(-c2ccncc2)cc1)c1ccc(-c2ncncn2)cc1. The average molecular weight is 735 g/mol. The first-order chi connectivity index (χ1) is 28.2. The molecule has 0 N–H and O–H groups in total. The number of rotatable bonds is 10. The number of hydrogen-bond donors (Lipinski definition) is 0. The lowest BCUT2D eigenvalue weighted by molar-refractivity contribution is 0.887. The molecular weight excluding hydrogens is 697 g/mol. The number of benzene rings is 6. The second-order valence-electron chi connectivity index (χ2n) is 13.7. The first-order valence-corrected chi connectivity index (χ1v) is 18.9. The van der Waals surface area contributed by atoms with Crippen LogP contribution in [0.15, 0.2) is 208 Å². The Bertz CT molecular complexity index is 2800. The van der Waals surface area contributed by atoms with Gasteiger partial charge in [-0.05, 0) is 119 Å². The van der Waals surface area contributed by atoms with Gasteiger partial charge in [-0.2, -0.15) is 0 Å². The van der Waals surface area contributed by atoms with Crippen LogP contribution in [0.25, 0.3) is 72.1 Å². The third kappa shape index (κ3) is 6.92. The van der Waals surface area contributed by atoms with Crippen molar-refractivity contribution >= 4 is 38.8 Å². The van der Waals surface area contributed by atoms with Gasteiger partial charge in [0.1, 0.15) is 12.7 Å². The summed E-state index contributed by atoms with van der Waals surface area (Å²) < 4.78 is 2.38. The zero-order valence-corrected chi connectivity index (χ0v) is 31.4. The molecule has 0 fully saturated rings. The molecule has 6 aromatic carbocycles. The van der Waals surface area contributed by atoms with Gasteiger partial charge < -0.3 is 0 Å². The molecule has 6 heteroatoms. The lowest BCUT2D eigenvalue weighted by Crippen LogP contribution is -2.24. The minimum atomic E-state index is 0.623. The van der Waals surface area contributed by atoms with E-state index in [1.807, 2.05) is 49.7 Å². The number of anilines is 2. The Balaban J connectivity index is 1.35. The van der Waals surface area contributed by atoms with Gasteiger partial charge in [0.25, 0.3) is 0 Å². The molecule has 0 atom stereocenters. The summed E-state index contributed by atoms with van der Waals surface area (Å²) in [6.45, 7) is 6.48. The first-order valence-electron chi connectivity index (χ1n) is 18.9. The molecular formula is C51H38N6. The van der Waals surface area contributed by atoms with Crippen LogP contribution in [-0.4, -0.2) is 24.6 Å². The smallest absolute Gasteiger partial charge is 0.162 e. The molecule has 0 unspecified atom stereocenters. The molecule has 3 aromatic heterocycles. The van der Waals surface area contributed by atoms with Crippen LogP contribution in [0, 0.1) is 0 Å². The second-order valence-corrected chi connectivity index (χ2v) is 13.7. The highest BCUT2D eigenvalue weighted by atomic mass is 15.6. The second kappa shape index (κ2) is 15.6. The summed E-state index contributed by atoms with van der Waals surface area (Å²) in [6.07, 6.45) is 14.9. The van der Waals surface area contributed by atoms with Crippen molar-refractivity contribution in [3.8, 4) is 44.8 Å². The number of allylic oxidation sites excluding steroid dienone is 5. The van der Waals surface area contributed by atoms with E-state index in [0.717, 1.165) is 83.3 Å². The summed E-state index contributed by atoms with van der Waals surface area (Å²) >= 11 is 0. The van der Waals surface area contributed by atoms with Crippen molar-refractivity contribution in [1.82, 2.24) is 24.6 Å². The van der Waals surface area contributed by atoms with Crippen molar-refractivity contribution in [1.29, 1.82) is 0 Å². The zero-order valence-electron chi connectivity index (χ0n) is 31.4. The van der Waals surface area contributed by atoms with Gasteiger partial charge in [-0.15, -0.1) is 0 Å². The van der Waals surface area contributed by atoms with Crippen molar-refractivity contribution in [2.24, 2.45) is 0 Å². The van der Waals surface area contributed by atoms with Crippen LogP contribution >= 0.6 is 0 Å². The van der Waals surface area contributed by atoms with Gasteiger partial charge in [-0.1, -0.05) is 110 Å². The molecule has 0 radical (unpaired) electrons. The van der Waals surface area contributed by atoms with Crippen molar-refractivity contribution < 1.29 is 0 Å². The van der Waals surface area contributed by atoms with E-state index in [0.29, 0.717) is 5.82 Å². The molecule has 0 aliphatic heterocycles. The lowest BCUT2D eigenvalue weighted by Gasteiger charge is -2.29. The molecule has 0 saturated heterocycles. The van der Waals surface area contributed by atoms with Gasteiger partial charge in [0.05, 0.1) is 22.4 Å². The highest BCUT2D eigenvalue weighted by Crippen LogP contribution is 2.43. The quantitative estimate of drug-likeness (QED) is 0.131. The fourth-order valence-electron chi connectivity index (χ4n) is 7.41. The summed E-state index contributed by atoms with van der Waals surface area (Å²) in [6, 6.07) is 53.9. The monoisotopic (exact) mass is 734 g/mol. The number of nitrogens with zero attached hydrogens (tertiary/aromatic N) is 6. The van der Waals surface area contributed by atoms with E-state index in [9.17, 15) is 0 Å². The van der Waals surface area contributed by atoms with Crippen molar-refractivity contribution in [2.75, 3.05) is 5.01 Å². The maximum absolute atomic E-state index is 4.46.